The van der Waals surface area contributed by atoms with Crippen molar-refractivity contribution in [1.29, 1.82) is 0 Å². The first-order valence-corrected chi connectivity index (χ1v) is 16.9. The highest BCUT2D eigenvalue weighted by molar-refractivity contribution is 7.89. The third-order valence-corrected chi connectivity index (χ3v) is 11.5. The number of aromatic nitrogens is 1. The molecule has 3 aliphatic rings. The second kappa shape index (κ2) is 12.2. The fourth-order valence-electron chi connectivity index (χ4n) is 5.60. The van der Waals surface area contributed by atoms with Gasteiger partial charge in [0.15, 0.2) is 0 Å². The van der Waals surface area contributed by atoms with E-state index in [1.54, 1.807) is 25.1 Å². The second-order valence-electron chi connectivity index (χ2n) is 11.0. The second-order valence-corrected chi connectivity index (χ2v) is 14.8. The minimum absolute atomic E-state index is 0.00883. The molecule has 2 saturated heterocycles. The number of hydrogen-bond acceptors (Lipinski definition) is 11. The van der Waals surface area contributed by atoms with Crippen molar-refractivity contribution in [2.45, 2.75) is 53.7 Å². The summed E-state index contributed by atoms with van der Waals surface area (Å²) in [5.74, 6) is 0.804. The van der Waals surface area contributed by atoms with Gasteiger partial charge in [-0.05, 0) is 51.4 Å². The zero-order chi connectivity index (χ0) is 30.1. The Morgan fingerprint density at radius 2 is 1.95 bits per heavy atom. The smallest absolute Gasteiger partial charge is 0.244 e. The van der Waals surface area contributed by atoms with Crippen LogP contribution in [0.1, 0.15) is 25.0 Å². The number of hydrogen-bond donors (Lipinski definition) is 3. The summed E-state index contributed by atoms with van der Waals surface area (Å²) < 4.78 is 72.4. The van der Waals surface area contributed by atoms with Gasteiger partial charge in [0, 0.05) is 38.8 Å². The average Bonchev–Trinajstić information content (AvgIpc) is 3.37. The zero-order valence-electron chi connectivity index (χ0n) is 24.1. The molecule has 1 aromatic carbocycles. The van der Waals surface area contributed by atoms with Crippen LogP contribution in [0.3, 0.4) is 0 Å². The van der Waals surface area contributed by atoms with Gasteiger partial charge in [0.25, 0.3) is 0 Å². The van der Waals surface area contributed by atoms with E-state index in [0.717, 1.165) is 0 Å². The van der Waals surface area contributed by atoms with E-state index in [-0.39, 0.29) is 29.0 Å². The van der Waals surface area contributed by atoms with Gasteiger partial charge in [-0.25, -0.2) is 26.5 Å². The van der Waals surface area contributed by atoms with Gasteiger partial charge in [-0.1, -0.05) is 6.07 Å². The number of nitrogens with one attached hydrogen (secondary N) is 2. The normalized spacial score (nSPS) is 21.6. The highest BCUT2D eigenvalue weighted by Gasteiger charge is 2.45. The van der Waals surface area contributed by atoms with Crippen LogP contribution in [0.15, 0.2) is 40.1 Å². The number of aliphatic hydroxyl groups is 1. The molecule has 3 aliphatic heterocycles. The number of aliphatic hydroxyl groups excluding tert-OH is 1. The summed E-state index contributed by atoms with van der Waals surface area (Å²) in [5, 5.41) is 13.8. The van der Waals surface area contributed by atoms with Crippen molar-refractivity contribution < 1.29 is 36.2 Å². The third-order valence-electron chi connectivity index (χ3n) is 8.12. The number of ether oxygens (including phenoxy) is 3. The Morgan fingerprint density at radius 1 is 1.19 bits per heavy atom. The first-order chi connectivity index (χ1) is 19.9. The van der Waals surface area contributed by atoms with Crippen LogP contribution in [0, 0.1) is 6.92 Å². The summed E-state index contributed by atoms with van der Waals surface area (Å²) in [4.78, 5) is 6.67. The number of sulfonamides is 2. The zero-order valence-corrected chi connectivity index (χ0v) is 25.7. The molecule has 42 heavy (non-hydrogen) atoms. The quantitative estimate of drug-likeness (QED) is 0.337. The van der Waals surface area contributed by atoms with Crippen LogP contribution in [0.2, 0.25) is 0 Å². The molecule has 13 nitrogen and oxygen atoms in total. The lowest BCUT2D eigenvalue weighted by Gasteiger charge is -2.38. The Labute approximate surface area is 247 Å². The first kappa shape index (κ1) is 30.9. The van der Waals surface area contributed by atoms with E-state index < -0.39 is 31.8 Å². The summed E-state index contributed by atoms with van der Waals surface area (Å²) in [6, 6.07) is 7.75. The highest BCUT2D eigenvalue weighted by atomic mass is 32.2. The van der Waals surface area contributed by atoms with Crippen molar-refractivity contribution in [2.75, 3.05) is 65.0 Å². The maximum atomic E-state index is 13.6. The molecule has 3 N–H and O–H groups in total. The van der Waals surface area contributed by atoms with E-state index in [4.69, 9.17) is 14.2 Å². The molecule has 0 amide bonds. The van der Waals surface area contributed by atoms with Crippen molar-refractivity contribution in [3.63, 3.8) is 0 Å². The number of pyridine rings is 1. The number of rotatable bonds is 10. The predicted molar refractivity (Wildman–Crippen MR) is 155 cm³/mol. The molecule has 2 unspecified atom stereocenters. The maximum absolute atomic E-state index is 13.6. The fraction of sp³-hybridized carbons (Fsp3) is 0.593. The number of benzene rings is 1. The lowest BCUT2D eigenvalue weighted by molar-refractivity contribution is -0.0312. The fourth-order valence-corrected chi connectivity index (χ4v) is 7.98. The molecule has 1 aromatic heterocycles. The van der Waals surface area contributed by atoms with E-state index in [0.29, 0.717) is 75.1 Å². The maximum Gasteiger partial charge on any atom is 0.244 e. The van der Waals surface area contributed by atoms with Gasteiger partial charge in [0.2, 0.25) is 25.9 Å². The molecule has 0 saturated carbocycles. The largest absolute Gasteiger partial charge is 0.491 e. The number of aryl methyl sites for hydroxylation is 1. The van der Waals surface area contributed by atoms with Crippen molar-refractivity contribution in [3.8, 4) is 11.6 Å². The van der Waals surface area contributed by atoms with E-state index in [1.807, 2.05) is 11.9 Å². The Bertz CT molecular complexity index is 1500. The monoisotopic (exact) mass is 625 g/mol. The molecular weight excluding hydrogens is 586 g/mol. The van der Waals surface area contributed by atoms with Gasteiger partial charge in [0.05, 0.1) is 29.3 Å². The van der Waals surface area contributed by atoms with Gasteiger partial charge >= 0.3 is 0 Å². The van der Waals surface area contributed by atoms with E-state index in [9.17, 15) is 21.9 Å². The molecule has 1 spiro atoms. The Balaban J connectivity index is 1.11. The van der Waals surface area contributed by atoms with Crippen LogP contribution in [0.25, 0.3) is 0 Å². The van der Waals surface area contributed by atoms with Gasteiger partial charge in [0.1, 0.15) is 35.7 Å². The van der Waals surface area contributed by atoms with Crippen molar-refractivity contribution in [2.24, 2.45) is 0 Å². The van der Waals surface area contributed by atoms with E-state index in [2.05, 4.69) is 15.0 Å². The topological polar surface area (TPSA) is 160 Å². The molecule has 0 bridgehead atoms. The van der Waals surface area contributed by atoms with Crippen LogP contribution >= 0.6 is 0 Å². The molecular formula is C27H39N5O8S2. The minimum atomic E-state index is -3.74. The first-order valence-electron chi connectivity index (χ1n) is 14.0. The van der Waals surface area contributed by atoms with Crippen molar-refractivity contribution in [3.05, 3.63) is 36.0 Å². The lowest BCUT2D eigenvalue weighted by atomic mass is 9.88. The lowest BCUT2D eigenvalue weighted by Crippen LogP contribution is -2.47. The van der Waals surface area contributed by atoms with Crippen LogP contribution in [0.4, 0.5) is 5.69 Å². The summed E-state index contributed by atoms with van der Waals surface area (Å²) in [7, 11) is -4.10. The minimum Gasteiger partial charge on any atom is -0.491 e. The molecule has 0 radical (unpaired) electrons. The molecule has 0 aliphatic carbocycles. The van der Waals surface area contributed by atoms with Crippen LogP contribution in [0.5, 0.6) is 11.6 Å². The highest BCUT2D eigenvalue weighted by Crippen LogP contribution is 2.39. The van der Waals surface area contributed by atoms with Crippen LogP contribution in [-0.2, 0) is 24.8 Å². The summed E-state index contributed by atoms with van der Waals surface area (Å²) in [6.45, 7) is 4.27. The van der Waals surface area contributed by atoms with E-state index in [1.165, 1.54) is 23.5 Å². The van der Waals surface area contributed by atoms with Gasteiger partial charge < -0.3 is 29.5 Å². The Hall–Kier alpha value is -2.53. The molecule has 2 fully saturated rings. The predicted octanol–water partition coefficient (Wildman–Crippen LogP) is 0.468. The molecule has 5 rings (SSSR count). The number of anilines is 1. The standard InChI is InChI=1S/C27H39N5O8S2/c1-19-25(14-24-26(30-19)38-12-11-31(24)3)42(36,37)32-9-7-27(8-10-32)15-20(17-40-27)29-16-21(33)18-39-22-5-4-6-23(13-22)41(34,35)28-2/h4-6,13-14,20-21,28-29,33H,7-12,15-18H2,1-3H3. The van der Waals surface area contributed by atoms with Crippen LogP contribution in [-0.4, -0.2) is 109 Å². The number of nitrogens with zero attached hydrogens (tertiary/aromatic N) is 3. The summed E-state index contributed by atoms with van der Waals surface area (Å²) in [6.07, 6.45) is 1.03. The van der Waals surface area contributed by atoms with Gasteiger partial charge in [-0.2, -0.15) is 4.31 Å². The number of piperidine rings is 1. The Morgan fingerprint density at radius 3 is 2.69 bits per heavy atom. The molecule has 232 valence electrons. The molecule has 15 heteroatoms. The molecule has 4 heterocycles. The molecule has 2 aromatic rings. The van der Waals surface area contributed by atoms with Crippen LogP contribution < -0.4 is 24.4 Å². The van der Waals surface area contributed by atoms with E-state index >= 15 is 0 Å². The summed E-state index contributed by atoms with van der Waals surface area (Å²) in [5.41, 5.74) is 0.681. The van der Waals surface area contributed by atoms with Gasteiger partial charge in [-0.3, -0.25) is 0 Å². The number of fused-ring (bicyclic) bond motifs is 1. The Kier molecular flexibility index (Phi) is 9.00. The van der Waals surface area contributed by atoms with Crippen molar-refractivity contribution >= 4 is 25.7 Å². The van der Waals surface area contributed by atoms with Crippen molar-refractivity contribution in [1.82, 2.24) is 19.3 Å². The molecule has 2 atom stereocenters. The summed E-state index contributed by atoms with van der Waals surface area (Å²) >= 11 is 0. The average molecular weight is 626 g/mol. The number of likely N-dealkylation sites (N-methyl/N-ethyl adjacent to an activating group) is 1. The van der Waals surface area contributed by atoms with Gasteiger partial charge in [-0.15, -0.1) is 0 Å². The third kappa shape index (κ3) is 6.51. The SMILES string of the molecule is CNS(=O)(=O)c1cccc(OCC(O)CNC2COC3(CCN(S(=O)(=O)c4cc5c(nc4C)OCCN5C)CC3)C2)c1.